The Hall–Kier alpha value is -0.850. The van der Waals surface area contributed by atoms with Crippen LogP contribution in [0.2, 0.25) is 0 Å². The predicted octanol–water partition coefficient (Wildman–Crippen LogP) is 1.71. The summed E-state index contributed by atoms with van der Waals surface area (Å²) in [4.78, 5) is 9.78. The lowest BCUT2D eigenvalue weighted by Gasteiger charge is -1.81. The van der Waals surface area contributed by atoms with Gasteiger partial charge in [-0.1, -0.05) is 12.2 Å². The minimum absolute atomic E-state index is 0.787. The van der Waals surface area contributed by atoms with E-state index in [0.29, 0.717) is 0 Å². The van der Waals surface area contributed by atoms with Gasteiger partial charge in [-0.25, -0.2) is 0 Å². The van der Waals surface area contributed by atoms with E-state index in [1.165, 1.54) is 6.08 Å². The molecule has 0 aliphatic carbocycles. The third-order valence-corrected chi connectivity index (χ3v) is 0.760. The van der Waals surface area contributed by atoms with E-state index in [2.05, 4.69) is 0 Å². The molecule has 1 heteroatoms. The number of carbonyl (C=O) groups excluding carboxylic acids is 1. The molecule has 0 amide bonds. The monoisotopic (exact) mass is 110 g/mol. The second kappa shape index (κ2) is 4.31. The van der Waals surface area contributed by atoms with Crippen molar-refractivity contribution in [2.24, 2.45) is 0 Å². The lowest BCUT2D eigenvalue weighted by atomic mass is 10.3. The highest BCUT2D eigenvalue weighted by atomic mass is 16.1. The van der Waals surface area contributed by atoms with Crippen molar-refractivity contribution >= 4 is 6.29 Å². The third kappa shape index (κ3) is 3.34. The van der Waals surface area contributed by atoms with Gasteiger partial charge in [-0.2, -0.15) is 0 Å². The maximum absolute atomic E-state index is 9.78. The van der Waals surface area contributed by atoms with Crippen molar-refractivity contribution in [3.05, 3.63) is 23.8 Å². The molecule has 0 radical (unpaired) electrons. The average Bonchev–Trinajstić information content (AvgIpc) is 1.68. The van der Waals surface area contributed by atoms with E-state index in [9.17, 15) is 4.79 Å². The van der Waals surface area contributed by atoms with E-state index in [0.717, 1.165) is 11.9 Å². The summed E-state index contributed by atoms with van der Waals surface area (Å²) in [6.45, 7) is 3.80. The summed E-state index contributed by atoms with van der Waals surface area (Å²) in [5.41, 5.74) is 0.988. The molecular formula is C7H10O. The zero-order chi connectivity index (χ0) is 6.41. The van der Waals surface area contributed by atoms with E-state index in [1.54, 1.807) is 0 Å². The van der Waals surface area contributed by atoms with Crippen LogP contribution in [0, 0.1) is 0 Å². The molecule has 0 aliphatic rings. The van der Waals surface area contributed by atoms with Crippen molar-refractivity contribution in [2.45, 2.75) is 13.8 Å². The standard InChI is InChI=1S/C7H10O/c1-3-4-7(2)5-6-8/h3-6H,1-2H3/b4-3+,7-5+. The molecule has 0 saturated carbocycles. The number of hydrogen-bond acceptors (Lipinski definition) is 1. The van der Waals surface area contributed by atoms with Crippen molar-refractivity contribution < 1.29 is 4.79 Å². The summed E-state index contributed by atoms with van der Waals surface area (Å²) in [7, 11) is 0. The van der Waals surface area contributed by atoms with Gasteiger partial charge >= 0.3 is 0 Å². The lowest BCUT2D eigenvalue weighted by molar-refractivity contribution is -0.104. The van der Waals surface area contributed by atoms with Crippen LogP contribution in [0.1, 0.15) is 13.8 Å². The minimum Gasteiger partial charge on any atom is -0.299 e. The molecule has 0 saturated heterocycles. The highest BCUT2D eigenvalue weighted by molar-refractivity contribution is 5.66. The summed E-state index contributed by atoms with van der Waals surface area (Å²) in [6, 6.07) is 0. The molecule has 44 valence electrons. The highest BCUT2D eigenvalue weighted by Gasteiger charge is 1.73. The summed E-state index contributed by atoms with van der Waals surface area (Å²) in [5.74, 6) is 0. The normalized spacial score (nSPS) is 12.5. The molecule has 1 nitrogen and oxygen atoms in total. The Morgan fingerprint density at radius 3 is 2.50 bits per heavy atom. The molecule has 0 spiro atoms. The Morgan fingerprint density at radius 2 is 2.12 bits per heavy atom. The Kier molecular flexibility index (Phi) is 3.85. The smallest absolute Gasteiger partial charge is 0.143 e. The van der Waals surface area contributed by atoms with Crippen molar-refractivity contribution in [3.63, 3.8) is 0 Å². The minimum atomic E-state index is 0.787. The summed E-state index contributed by atoms with van der Waals surface area (Å²) >= 11 is 0. The second-order valence-corrected chi connectivity index (χ2v) is 1.55. The third-order valence-electron chi connectivity index (χ3n) is 0.760. The van der Waals surface area contributed by atoms with Crippen LogP contribution < -0.4 is 0 Å². The molecule has 8 heavy (non-hydrogen) atoms. The fraction of sp³-hybridized carbons (Fsp3) is 0.286. The van der Waals surface area contributed by atoms with Crippen LogP contribution in [0.5, 0.6) is 0 Å². The number of allylic oxidation sites excluding steroid dienone is 4. The van der Waals surface area contributed by atoms with Gasteiger partial charge in [0.2, 0.25) is 0 Å². The first-order chi connectivity index (χ1) is 3.81. The topological polar surface area (TPSA) is 17.1 Å². The van der Waals surface area contributed by atoms with Crippen LogP contribution in [0.25, 0.3) is 0 Å². The van der Waals surface area contributed by atoms with Crippen LogP contribution in [0.15, 0.2) is 23.8 Å². The first-order valence-corrected chi connectivity index (χ1v) is 2.56. The average molecular weight is 110 g/mol. The van der Waals surface area contributed by atoms with Gasteiger partial charge in [0.1, 0.15) is 6.29 Å². The maximum atomic E-state index is 9.78. The highest BCUT2D eigenvalue weighted by Crippen LogP contribution is 1.90. The quantitative estimate of drug-likeness (QED) is 0.300. The summed E-state index contributed by atoms with van der Waals surface area (Å²) in [5, 5.41) is 0. The molecule has 0 heterocycles. The predicted molar refractivity (Wildman–Crippen MR) is 34.6 cm³/mol. The van der Waals surface area contributed by atoms with Crippen LogP contribution in [0.3, 0.4) is 0 Å². The van der Waals surface area contributed by atoms with Crippen molar-refractivity contribution in [1.29, 1.82) is 0 Å². The number of carbonyl (C=O) groups is 1. The fourth-order valence-corrected chi connectivity index (χ4v) is 0.426. The molecule has 0 aromatic carbocycles. The summed E-state index contributed by atoms with van der Waals surface area (Å²) < 4.78 is 0. The maximum Gasteiger partial charge on any atom is 0.143 e. The number of aldehydes is 1. The van der Waals surface area contributed by atoms with Gasteiger partial charge in [-0.15, -0.1) is 0 Å². The van der Waals surface area contributed by atoms with Gasteiger partial charge in [0.05, 0.1) is 0 Å². The lowest BCUT2D eigenvalue weighted by Crippen LogP contribution is -1.67. The molecular weight excluding hydrogens is 100 g/mol. The van der Waals surface area contributed by atoms with Crippen LogP contribution in [0.4, 0.5) is 0 Å². The second-order valence-electron chi connectivity index (χ2n) is 1.55. The summed E-state index contributed by atoms with van der Waals surface area (Å²) in [6.07, 6.45) is 6.10. The van der Waals surface area contributed by atoms with Crippen molar-refractivity contribution in [1.82, 2.24) is 0 Å². The Morgan fingerprint density at radius 1 is 1.50 bits per heavy atom. The number of rotatable bonds is 2. The van der Waals surface area contributed by atoms with Gasteiger partial charge in [0.15, 0.2) is 0 Å². The SMILES string of the molecule is C/C=C/C(C)=C/C=O. The molecule has 0 bridgehead atoms. The largest absolute Gasteiger partial charge is 0.299 e. The van der Waals surface area contributed by atoms with E-state index < -0.39 is 0 Å². The van der Waals surface area contributed by atoms with E-state index >= 15 is 0 Å². The van der Waals surface area contributed by atoms with Crippen LogP contribution >= 0.6 is 0 Å². The molecule has 0 rings (SSSR count). The van der Waals surface area contributed by atoms with Gasteiger partial charge < -0.3 is 0 Å². The molecule has 0 aliphatic heterocycles. The molecule has 0 fully saturated rings. The van der Waals surface area contributed by atoms with Crippen LogP contribution in [-0.4, -0.2) is 6.29 Å². The molecule has 0 aromatic rings. The van der Waals surface area contributed by atoms with Crippen molar-refractivity contribution in [3.8, 4) is 0 Å². The zero-order valence-electron chi connectivity index (χ0n) is 5.22. The zero-order valence-corrected chi connectivity index (χ0v) is 5.22. The Balaban J connectivity index is 3.79. The van der Waals surface area contributed by atoms with Gasteiger partial charge in [0.25, 0.3) is 0 Å². The van der Waals surface area contributed by atoms with E-state index in [-0.39, 0.29) is 0 Å². The van der Waals surface area contributed by atoms with E-state index in [4.69, 9.17) is 0 Å². The first kappa shape index (κ1) is 7.15. The van der Waals surface area contributed by atoms with Gasteiger partial charge in [0, 0.05) is 0 Å². The van der Waals surface area contributed by atoms with Gasteiger partial charge in [-0.3, -0.25) is 4.79 Å². The van der Waals surface area contributed by atoms with Gasteiger partial charge in [-0.05, 0) is 25.5 Å². The van der Waals surface area contributed by atoms with Crippen LogP contribution in [-0.2, 0) is 4.79 Å². The van der Waals surface area contributed by atoms with E-state index in [1.807, 2.05) is 26.0 Å². The molecule has 0 aromatic heterocycles. The first-order valence-electron chi connectivity index (χ1n) is 2.56. The van der Waals surface area contributed by atoms with Crippen molar-refractivity contribution in [2.75, 3.05) is 0 Å². The Bertz CT molecular complexity index is 120. The fourth-order valence-electron chi connectivity index (χ4n) is 0.426. The molecule has 0 unspecified atom stereocenters. The molecule has 0 atom stereocenters. The Labute approximate surface area is 49.7 Å². The number of hydrogen-bond donors (Lipinski definition) is 0. The molecule has 0 N–H and O–H groups in total.